The number of fused-ring (bicyclic) bond motifs is 6. The standard InChI is InChI=1S/C27H33NO7.C18H21NO4.C9H14O4/c1-16(2)5-8-27(14-22(29)35-27)25(30)34-24-21(31-3)13-26-7-4-9-28(26)10-6-17-11-19-20(33-15-32-19)12-18(17)23(24)26;1-21-15-9-18-4-2-5-19(18)6-3-11-7-13-14(23-10-22-13)8-12(11)16(18)17(15)20;1-6(2)3-4-9(8(11)12)5-7(10)13-9/h11-13,16,23-24H,4-10,14-15H2,1-3H3;7-9,16-17,20H,2-6,10H2,1H3;6H,3-5H2,1-2H3,(H,11,12)/t23-,24-,26+,27-;16-,17-,18+;9-/m111/s1. The molecule has 0 bridgehead atoms. The predicted molar refractivity (Wildman–Crippen MR) is 254 cm³/mol. The molecule has 71 heavy (non-hydrogen) atoms. The topological polar surface area (TPSA) is 198 Å². The number of benzene rings is 2. The van der Waals surface area contributed by atoms with E-state index in [1.165, 1.54) is 16.7 Å². The maximum absolute atomic E-state index is 13.6. The zero-order chi connectivity index (χ0) is 50.0. The smallest absolute Gasteiger partial charge is 0.351 e. The molecule has 2 N–H and O–H groups in total. The van der Waals surface area contributed by atoms with Crippen LogP contribution in [-0.2, 0) is 55.7 Å². The number of nitrogens with zero attached hydrogens (tertiary/aromatic N) is 2. The minimum atomic E-state index is -1.21. The van der Waals surface area contributed by atoms with Gasteiger partial charge in [0.15, 0.2) is 29.1 Å². The largest absolute Gasteiger partial charge is 0.499 e. The Bertz CT molecular complexity index is 2500. The molecule has 2 aliphatic carbocycles. The first-order valence-electron chi connectivity index (χ1n) is 25.5. The van der Waals surface area contributed by atoms with Crippen LogP contribution < -0.4 is 18.9 Å². The molecule has 0 aromatic heterocycles. The predicted octanol–water partition coefficient (Wildman–Crippen LogP) is 6.45. The first-order valence-corrected chi connectivity index (χ1v) is 25.5. The third-order valence-electron chi connectivity index (χ3n) is 16.7. The van der Waals surface area contributed by atoms with Gasteiger partial charge in [-0.05, 0) is 148 Å². The Labute approximate surface area is 414 Å². The number of hydrogen-bond acceptors (Lipinski definition) is 16. The van der Waals surface area contributed by atoms with Crippen molar-refractivity contribution in [3.05, 3.63) is 70.2 Å². The summed E-state index contributed by atoms with van der Waals surface area (Å²) in [4.78, 5) is 51.8. The average Bonchev–Trinajstić information content (AvgIpc) is 4.19. The SMILES string of the molecule is CC(C)CC[C@]1(C(=O)O)CC(=O)O1.COC1=C[C@]23CCCN2CCc2cc4c(cc2[C@@H]3[C@@H]1O)OCO4.COC1=C[C@]23CCCN2CCc2cc4c(cc2[C@@H]3[C@@H]1OC(=O)[C@@]1(CCC(C)C)CC(=O)O1)OCO4. The van der Waals surface area contributed by atoms with Crippen LogP contribution in [0.4, 0.5) is 0 Å². The van der Waals surface area contributed by atoms with Crippen LogP contribution in [0.1, 0.15) is 126 Å². The van der Waals surface area contributed by atoms with Gasteiger partial charge in [0.25, 0.3) is 0 Å². The molecular formula is C54H68N2O15. The van der Waals surface area contributed by atoms with E-state index in [-0.39, 0.29) is 55.3 Å². The van der Waals surface area contributed by atoms with Crippen LogP contribution in [-0.4, -0.2) is 132 Å². The Morgan fingerprint density at radius 1 is 0.676 bits per heavy atom. The average molecular weight is 985 g/mol. The lowest BCUT2D eigenvalue weighted by molar-refractivity contribution is -0.212. The van der Waals surface area contributed by atoms with Crippen LogP contribution in [0.15, 0.2) is 47.9 Å². The summed E-state index contributed by atoms with van der Waals surface area (Å²) in [7, 11) is 3.28. The van der Waals surface area contributed by atoms with Gasteiger partial charge in [-0.2, -0.15) is 0 Å². The fourth-order valence-electron chi connectivity index (χ4n) is 13.0. The van der Waals surface area contributed by atoms with Crippen LogP contribution in [0, 0.1) is 11.8 Å². The lowest BCUT2D eigenvalue weighted by Crippen LogP contribution is -2.56. The first kappa shape index (κ1) is 49.1. The second kappa shape index (κ2) is 18.8. The van der Waals surface area contributed by atoms with Gasteiger partial charge >= 0.3 is 23.9 Å². The maximum atomic E-state index is 13.6. The molecule has 2 spiro atoms. The number of hydrogen-bond donors (Lipinski definition) is 2. The summed E-state index contributed by atoms with van der Waals surface area (Å²) in [5.74, 6) is 2.88. The van der Waals surface area contributed by atoms with Gasteiger partial charge in [-0.25, -0.2) is 9.59 Å². The minimum absolute atomic E-state index is 0.00644. The van der Waals surface area contributed by atoms with Crippen molar-refractivity contribution >= 4 is 23.9 Å². The molecular weight excluding hydrogens is 917 g/mol. The number of ether oxygens (including phenoxy) is 9. The number of carbonyl (C=O) groups excluding carboxylic acids is 3. The van der Waals surface area contributed by atoms with Crippen molar-refractivity contribution in [2.24, 2.45) is 11.8 Å². The van der Waals surface area contributed by atoms with Gasteiger partial charge in [0.1, 0.15) is 17.6 Å². The summed E-state index contributed by atoms with van der Waals surface area (Å²) in [5.41, 5.74) is 1.92. The van der Waals surface area contributed by atoms with Gasteiger partial charge < -0.3 is 52.8 Å². The molecule has 8 heterocycles. The van der Waals surface area contributed by atoms with E-state index < -0.39 is 41.3 Å². The zero-order valence-corrected chi connectivity index (χ0v) is 41.8. The molecule has 8 aliphatic heterocycles. The monoisotopic (exact) mass is 984 g/mol. The summed E-state index contributed by atoms with van der Waals surface area (Å²) in [5, 5.41) is 19.8. The fraction of sp³-hybridized carbons (Fsp3) is 0.630. The molecule has 4 fully saturated rings. The van der Waals surface area contributed by atoms with Crippen molar-refractivity contribution in [3.63, 3.8) is 0 Å². The van der Waals surface area contributed by atoms with Gasteiger partial charge in [0.05, 0.1) is 44.1 Å². The third kappa shape index (κ3) is 8.46. The second-order valence-electron chi connectivity index (χ2n) is 21.7. The van der Waals surface area contributed by atoms with Gasteiger partial charge in [-0.15, -0.1) is 0 Å². The van der Waals surface area contributed by atoms with Crippen LogP contribution in [0.3, 0.4) is 0 Å². The second-order valence-corrected chi connectivity index (χ2v) is 21.7. The van der Waals surface area contributed by atoms with Crippen molar-refractivity contribution in [2.75, 3.05) is 54.0 Å². The highest BCUT2D eigenvalue weighted by molar-refractivity contribution is 5.94. The minimum Gasteiger partial charge on any atom is -0.499 e. The van der Waals surface area contributed by atoms with E-state index in [2.05, 4.69) is 60.1 Å². The van der Waals surface area contributed by atoms with Crippen LogP contribution in [0.2, 0.25) is 0 Å². The Kier molecular flexibility index (Phi) is 13.0. The first-order chi connectivity index (χ1) is 34.0. The molecule has 10 aliphatic rings. The zero-order valence-electron chi connectivity index (χ0n) is 41.8. The van der Waals surface area contributed by atoms with E-state index >= 15 is 0 Å². The fourth-order valence-corrected chi connectivity index (χ4v) is 13.0. The molecule has 2 aromatic carbocycles. The Morgan fingerprint density at radius 3 is 1.61 bits per heavy atom. The molecule has 17 nitrogen and oxygen atoms in total. The Morgan fingerprint density at radius 2 is 1.13 bits per heavy atom. The van der Waals surface area contributed by atoms with Gasteiger partial charge in [-0.3, -0.25) is 19.4 Å². The maximum Gasteiger partial charge on any atom is 0.351 e. The number of cyclic esters (lactones) is 2. The van der Waals surface area contributed by atoms with Crippen molar-refractivity contribution < 1.29 is 72.0 Å². The normalized spacial score (nSPS) is 32.2. The highest BCUT2D eigenvalue weighted by atomic mass is 16.7. The molecule has 0 radical (unpaired) electrons. The van der Waals surface area contributed by atoms with E-state index in [0.29, 0.717) is 36.2 Å². The number of methoxy groups -OCH3 is 2. The van der Waals surface area contributed by atoms with E-state index in [1.807, 2.05) is 13.8 Å². The van der Waals surface area contributed by atoms with Crippen molar-refractivity contribution in [1.29, 1.82) is 0 Å². The van der Waals surface area contributed by atoms with Crippen LogP contribution >= 0.6 is 0 Å². The van der Waals surface area contributed by atoms with E-state index in [0.717, 1.165) is 106 Å². The highest BCUT2D eigenvalue weighted by Gasteiger charge is 2.61. The van der Waals surface area contributed by atoms with E-state index in [4.69, 9.17) is 47.7 Å². The van der Waals surface area contributed by atoms with Gasteiger partial charge in [0, 0.05) is 19.0 Å². The number of carboxylic acids is 1. The number of carbonyl (C=O) groups is 4. The molecule has 8 atom stereocenters. The number of aliphatic hydroxyl groups excluding tert-OH is 1. The van der Waals surface area contributed by atoms with Crippen LogP contribution in [0.5, 0.6) is 23.0 Å². The lowest BCUT2D eigenvalue weighted by atomic mass is 9.77. The molecule has 2 aromatic rings. The van der Waals surface area contributed by atoms with Gasteiger partial charge in [0.2, 0.25) is 24.8 Å². The lowest BCUT2D eigenvalue weighted by Gasteiger charge is -2.42. The molecule has 0 amide bonds. The van der Waals surface area contributed by atoms with Gasteiger partial charge in [-0.1, -0.05) is 27.7 Å². The third-order valence-corrected chi connectivity index (χ3v) is 16.7. The Hall–Kier alpha value is -5.52. The highest BCUT2D eigenvalue weighted by Crippen LogP contribution is 2.57. The summed E-state index contributed by atoms with van der Waals surface area (Å²) in [6.07, 6.45) is 11.8. The van der Waals surface area contributed by atoms with Crippen molar-refractivity contribution in [3.8, 4) is 23.0 Å². The Balaban J connectivity index is 0.000000138. The summed E-state index contributed by atoms with van der Waals surface area (Å²) < 4.78 is 50.3. The number of carboxylic acid groups (broad SMARTS) is 1. The summed E-state index contributed by atoms with van der Waals surface area (Å²) in [6.45, 7) is 12.7. The van der Waals surface area contributed by atoms with Crippen molar-refractivity contribution in [2.45, 2.75) is 151 Å². The summed E-state index contributed by atoms with van der Waals surface area (Å²) in [6, 6.07) is 8.33. The number of aliphatic carboxylic acids is 1. The summed E-state index contributed by atoms with van der Waals surface area (Å²) >= 11 is 0. The van der Waals surface area contributed by atoms with Crippen LogP contribution in [0.25, 0.3) is 0 Å². The molecule has 4 saturated heterocycles. The molecule has 17 heteroatoms. The molecule has 384 valence electrons. The number of rotatable bonds is 11. The molecule has 0 saturated carbocycles. The number of esters is 3. The van der Waals surface area contributed by atoms with E-state index in [1.54, 1.807) is 14.2 Å². The number of aliphatic hydroxyl groups is 1. The molecule has 0 unspecified atom stereocenters. The van der Waals surface area contributed by atoms with E-state index in [9.17, 15) is 24.3 Å². The van der Waals surface area contributed by atoms with Crippen molar-refractivity contribution in [1.82, 2.24) is 9.80 Å². The molecule has 12 rings (SSSR count). The quantitative estimate of drug-likeness (QED) is 0.184.